The second-order valence-corrected chi connectivity index (χ2v) is 7.67. The third kappa shape index (κ3) is 2.24. The molecule has 2 aliphatic heterocycles. The van der Waals surface area contributed by atoms with E-state index in [4.69, 9.17) is 0 Å². The lowest BCUT2D eigenvalue weighted by Gasteiger charge is -2.33. The van der Waals surface area contributed by atoms with Crippen LogP contribution in [0, 0.1) is 0 Å². The lowest BCUT2D eigenvalue weighted by molar-refractivity contribution is -0.134. The summed E-state index contributed by atoms with van der Waals surface area (Å²) in [6.45, 7) is 13.5. The number of nitrogens with zero attached hydrogens (tertiary/aromatic N) is 2. The molecule has 2 heterocycles. The number of rotatable bonds is 0. The minimum Gasteiger partial charge on any atom is -0.322 e. The number of imide groups is 1. The summed E-state index contributed by atoms with van der Waals surface area (Å²) in [6, 6.07) is -0.256. The first kappa shape index (κ1) is 14.3. The largest absolute Gasteiger partial charge is 0.325 e. The van der Waals surface area contributed by atoms with Gasteiger partial charge in [-0.05, 0) is 48.0 Å². The maximum atomic E-state index is 12.7. The molecule has 19 heavy (non-hydrogen) atoms. The smallest absolute Gasteiger partial charge is 0.322 e. The summed E-state index contributed by atoms with van der Waals surface area (Å²) in [5.74, 6) is -0.0725. The van der Waals surface area contributed by atoms with Crippen molar-refractivity contribution in [3.63, 3.8) is 0 Å². The summed E-state index contributed by atoms with van der Waals surface area (Å²) < 4.78 is 0. The van der Waals surface area contributed by atoms with Crippen molar-refractivity contribution >= 4 is 11.9 Å². The average Bonchev–Trinajstić information content (AvgIpc) is 2.69. The quantitative estimate of drug-likeness (QED) is 0.678. The topological polar surface area (TPSA) is 52.7 Å². The van der Waals surface area contributed by atoms with Crippen LogP contribution in [0.1, 0.15) is 48.0 Å². The van der Waals surface area contributed by atoms with E-state index in [1.165, 1.54) is 4.90 Å². The fraction of sp³-hybridized carbons (Fsp3) is 0.857. The molecule has 2 rings (SSSR count). The molecule has 5 heteroatoms. The number of nitrogens with one attached hydrogen (secondary N) is 1. The Morgan fingerprint density at radius 2 is 1.63 bits per heavy atom. The van der Waals surface area contributed by atoms with Crippen molar-refractivity contribution in [1.82, 2.24) is 15.1 Å². The Labute approximate surface area is 115 Å². The zero-order chi connectivity index (χ0) is 14.6. The number of amides is 3. The highest BCUT2D eigenvalue weighted by atomic mass is 16.2. The van der Waals surface area contributed by atoms with E-state index in [-0.39, 0.29) is 17.5 Å². The Kier molecular flexibility index (Phi) is 2.97. The van der Waals surface area contributed by atoms with Gasteiger partial charge in [0.1, 0.15) is 5.54 Å². The van der Waals surface area contributed by atoms with Gasteiger partial charge in [0, 0.05) is 24.2 Å². The van der Waals surface area contributed by atoms with Gasteiger partial charge < -0.3 is 5.32 Å². The molecular weight excluding hydrogens is 242 g/mol. The van der Waals surface area contributed by atoms with E-state index in [9.17, 15) is 9.59 Å². The number of urea groups is 1. The van der Waals surface area contributed by atoms with Gasteiger partial charge in [-0.1, -0.05) is 0 Å². The van der Waals surface area contributed by atoms with Crippen LogP contribution in [0.25, 0.3) is 0 Å². The van der Waals surface area contributed by atoms with Gasteiger partial charge in [-0.25, -0.2) is 4.79 Å². The Morgan fingerprint density at radius 3 is 2.00 bits per heavy atom. The minimum absolute atomic E-state index is 0.0175. The molecule has 2 saturated heterocycles. The van der Waals surface area contributed by atoms with E-state index in [0.717, 1.165) is 6.54 Å². The Bertz CT molecular complexity index is 419. The molecule has 108 valence electrons. The molecule has 1 N–H and O–H groups in total. The number of hydrogen-bond acceptors (Lipinski definition) is 3. The standard InChI is InChI=1S/C14H25N3O2/c1-12(2,3)16-8-7-14(9-16)10(18)17(11(19)15-14)13(4,5)6/h7-9H2,1-6H3,(H,15,19). The molecule has 1 spiro atoms. The second-order valence-electron chi connectivity index (χ2n) is 7.67. The predicted molar refractivity (Wildman–Crippen MR) is 73.8 cm³/mol. The van der Waals surface area contributed by atoms with Crippen LogP contribution in [0.5, 0.6) is 0 Å². The molecule has 0 radical (unpaired) electrons. The zero-order valence-electron chi connectivity index (χ0n) is 12.8. The molecule has 1 atom stereocenters. The molecule has 0 aliphatic carbocycles. The molecule has 2 fully saturated rings. The number of hydrogen-bond donors (Lipinski definition) is 1. The molecule has 1 unspecified atom stereocenters. The van der Waals surface area contributed by atoms with Crippen molar-refractivity contribution in [2.45, 2.75) is 64.6 Å². The lowest BCUT2D eigenvalue weighted by atomic mass is 9.96. The third-order valence-electron chi connectivity index (χ3n) is 4.05. The fourth-order valence-corrected chi connectivity index (χ4v) is 2.89. The van der Waals surface area contributed by atoms with E-state index in [1.807, 2.05) is 20.8 Å². The minimum atomic E-state index is -0.711. The summed E-state index contributed by atoms with van der Waals surface area (Å²) >= 11 is 0. The third-order valence-corrected chi connectivity index (χ3v) is 4.05. The fourth-order valence-electron chi connectivity index (χ4n) is 2.89. The average molecular weight is 267 g/mol. The van der Waals surface area contributed by atoms with E-state index in [1.54, 1.807) is 0 Å². The van der Waals surface area contributed by atoms with Gasteiger partial charge in [0.2, 0.25) is 0 Å². The second kappa shape index (κ2) is 3.95. The van der Waals surface area contributed by atoms with Gasteiger partial charge >= 0.3 is 6.03 Å². The van der Waals surface area contributed by atoms with Crippen LogP contribution < -0.4 is 5.32 Å². The first-order chi connectivity index (χ1) is 8.47. The van der Waals surface area contributed by atoms with Crippen LogP contribution in [0.3, 0.4) is 0 Å². The van der Waals surface area contributed by atoms with Crippen molar-refractivity contribution in [2.24, 2.45) is 0 Å². The van der Waals surface area contributed by atoms with E-state index in [0.29, 0.717) is 13.0 Å². The summed E-state index contributed by atoms with van der Waals surface area (Å²) in [4.78, 5) is 28.4. The molecule has 5 nitrogen and oxygen atoms in total. The van der Waals surface area contributed by atoms with Crippen LogP contribution in [-0.4, -0.2) is 51.4 Å². The number of carbonyl (C=O) groups is 2. The monoisotopic (exact) mass is 267 g/mol. The molecule has 0 aromatic carbocycles. The van der Waals surface area contributed by atoms with Gasteiger partial charge in [0.05, 0.1) is 0 Å². The lowest BCUT2D eigenvalue weighted by Crippen LogP contribution is -2.53. The van der Waals surface area contributed by atoms with Crippen molar-refractivity contribution in [2.75, 3.05) is 13.1 Å². The predicted octanol–water partition coefficient (Wildman–Crippen LogP) is 1.58. The summed E-state index contributed by atoms with van der Waals surface area (Å²) in [7, 11) is 0. The van der Waals surface area contributed by atoms with Gasteiger partial charge in [0.25, 0.3) is 5.91 Å². The Morgan fingerprint density at radius 1 is 1.05 bits per heavy atom. The van der Waals surface area contributed by atoms with Gasteiger partial charge in [-0.3, -0.25) is 14.6 Å². The van der Waals surface area contributed by atoms with Crippen molar-refractivity contribution in [1.29, 1.82) is 0 Å². The maximum Gasteiger partial charge on any atom is 0.325 e. The highest BCUT2D eigenvalue weighted by Gasteiger charge is 2.57. The maximum absolute atomic E-state index is 12.7. The number of carbonyl (C=O) groups excluding carboxylic acids is 2. The first-order valence-electron chi connectivity index (χ1n) is 6.89. The molecule has 0 bridgehead atoms. The van der Waals surface area contributed by atoms with E-state index >= 15 is 0 Å². The highest BCUT2D eigenvalue weighted by molar-refractivity contribution is 6.08. The number of likely N-dealkylation sites (tertiary alicyclic amines) is 1. The molecule has 2 aliphatic rings. The SMILES string of the molecule is CC(C)(C)N1CCC2(C1)NC(=O)N(C(C)(C)C)C2=O. The van der Waals surface area contributed by atoms with Crippen molar-refractivity contribution in [3.05, 3.63) is 0 Å². The first-order valence-corrected chi connectivity index (χ1v) is 6.89. The van der Waals surface area contributed by atoms with Crippen LogP contribution in [0.2, 0.25) is 0 Å². The summed E-state index contributed by atoms with van der Waals surface area (Å²) in [6.07, 6.45) is 0.696. The Balaban J connectivity index is 2.25. The van der Waals surface area contributed by atoms with Crippen LogP contribution in [0.15, 0.2) is 0 Å². The molecule has 0 saturated carbocycles. The van der Waals surface area contributed by atoms with Crippen molar-refractivity contribution < 1.29 is 9.59 Å². The molecular formula is C14H25N3O2. The van der Waals surface area contributed by atoms with Crippen molar-refractivity contribution in [3.8, 4) is 0 Å². The zero-order valence-corrected chi connectivity index (χ0v) is 12.8. The van der Waals surface area contributed by atoms with E-state index in [2.05, 4.69) is 31.0 Å². The Hall–Kier alpha value is -1.10. The normalized spacial score (nSPS) is 29.5. The van der Waals surface area contributed by atoms with E-state index < -0.39 is 11.1 Å². The summed E-state index contributed by atoms with van der Waals surface area (Å²) in [5, 5.41) is 2.93. The van der Waals surface area contributed by atoms with Gasteiger partial charge in [-0.2, -0.15) is 0 Å². The van der Waals surface area contributed by atoms with Gasteiger partial charge in [-0.15, -0.1) is 0 Å². The molecule has 0 aromatic heterocycles. The van der Waals surface area contributed by atoms with Crippen LogP contribution >= 0.6 is 0 Å². The molecule has 0 aromatic rings. The van der Waals surface area contributed by atoms with Crippen LogP contribution in [0.4, 0.5) is 4.79 Å². The van der Waals surface area contributed by atoms with Gasteiger partial charge in [0.15, 0.2) is 0 Å². The highest BCUT2D eigenvalue weighted by Crippen LogP contribution is 2.34. The molecule has 3 amide bonds. The van der Waals surface area contributed by atoms with Crippen LogP contribution in [-0.2, 0) is 4.79 Å². The summed E-state index contributed by atoms with van der Waals surface area (Å²) in [5.41, 5.74) is -1.17.